The highest BCUT2D eigenvalue weighted by atomic mass is 35.5. The van der Waals surface area contributed by atoms with Crippen LogP contribution >= 0.6 is 24.8 Å². The number of fused-ring (bicyclic) bond motifs is 3. The van der Waals surface area contributed by atoms with Crippen LogP contribution in [0, 0.1) is 0 Å². The number of rotatable bonds is 14. The molecule has 0 spiro atoms. The number of amides is 4. The molecule has 5 N–H and O–H groups in total. The van der Waals surface area contributed by atoms with Gasteiger partial charge in [-0.1, -0.05) is 117 Å². The Morgan fingerprint density at radius 2 is 0.947 bits per heavy atom. The van der Waals surface area contributed by atoms with Crippen LogP contribution in [0.15, 0.2) is 79.0 Å². The lowest BCUT2D eigenvalue weighted by atomic mass is 9.86. The third kappa shape index (κ3) is 25.3. The summed E-state index contributed by atoms with van der Waals surface area (Å²) in [4.78, 5) is 72.8. The number of aromatic amines is 3. The number of nitrogens with one attached hydrogen (secondary N) is 5. The van der Waals surface area contributed by atoms with Crippen molar-refractivity contribution in [1.82, 2.24) is 60.8 Å². The van der Waals surface area contributed by atoms with Gasteiger partial charge < -0.3 is 53.9 Å². The predicted octanol–water partition coefficient (Wildman–Crippen LogP) is 11.4. The molecule has 0 fully saturated rings. The van der Waals surface area contributed by atoms with Crippen LogP contribution in [0.5, 0.6) is 17.2 Å². The van der Waals surface area contributed by atoms with E-state index in [-0.39, 0.29) is 72.6 Å². The summed E-state index contributed by atoms with van der Waals surface area (Å²) in [5.74, 6) is 2.50. The van der Waals surface area contributed by atoms with Crippen molar-refractivity contribution in [2.24, 2.45) is 0 Å². The van der Waals surface area contributed by atoms with Crippen molar-refractivity contribution in [3.05, 3.63) is 141 Å². The number of hydrogen-bond donors (Lipinski definition) is 5. The van der Waals surface area contributed by atoms with Gasteiger partial charge in [0.25, 0.3) is 11.8 Å². The van der Waals surface area contributed by atoms with Crippen molar-refractivity contribution in [3.8, 4) is 17.2 Å². The van der Waals surface area contributed by atoms with Gasteiger partial charge in [-0.05, 0) is 131 Å². The first-order chi connectivity index (χ1) is 43.7. The van der Waals surface area contributed by atoms with E-state index in [1.54, 1.807) is 33.7 Å². The maximum absolute atomic E-state index is 13.0. The molecule has 0 aliphatic carbocycles. The Morgan fingerprint density at radius 1 is 0.558 bits per heavy atom. The van der Waals surface area contributed by atoms with Crippen LogP contribution in [-0.4, -0.2) is 172 Å². The third-order valence-corrected chi connectivity index (χ3v) is 15.0. The van der Waals surface area contributed by atoms with Crippen LogP contribution in [0.4, 0.5) is 9.59 Å². The first kappa shape index (κ1) is 81.3. The van der Waals surface area contributed by atoms with Crippen LogP contribution in [0.25, 0.3) is 0 Å². The Balaban J connectivity index is 0.000000445. The zero-order chi connectivity index (χ0) is 68.9. The highest BCUT2D eigenvalue weighted by Crippen LogP contribution is 2.34. The van der Waals surface area contributed by atoms with Crippen LogP contribution in [0.3, 0.4) is 0 Å². The van der Waals surface area contributed by atoms with Crippen LogP contribution in [-0.2, 0) is 74.2 Å². The molecule has 0 unspecified atom stereocenters. The first-order valence-corrected chi connectivity index (χ1v) is 31.8. The van der Waals surface area contributed by atoms with E-state index < -0.39 is 11.2 Å². The fourth-order valence-corrected chi connectivity index (χ4v) is 10.1. The lowest BCUT2D eigenvalue weighted by Crippen LogP contribution is -2.40. The van der Waals surface area contributed by atoms with Crippen LogP contribution < -0.4 is 24.8 Å². The normalized spacial score (nSPS) is 13.2. The van der Waals surface area contributed by atoms with Gasteiger partial charge in [0.2, 0.25) is 0 Å². The standard InChI is InChI=1S/C25H36N4O4.C20H28N4O2.C13H21NO.C11H17N3O2.CO2.2ClH.H2/c1-24(2,3)18-10-8-9-11-20(18)32-15-14-28(7)22(30)21-17-12-13-29(16-19(17)26-27-21)23(31)33-25(4,5)6;1-20(2,3)15-7-5-6-8-17(15)26-12-11-24(4)19(25)18-14-9-10-21-13-16(14)22-23-18;1-13(2,3)11-7-5-6-8-12(11)15-10-9-14-4;1-11(2,3)16-10(15)14-5-4-8-6-12-13-9(8)7-14;2-1-3;;;/h8-11H,12-16H2,1-7H3,(H,26,27);5-8,21H,9-13H2,1-4H3,(H,22,23);5-8,14H,9-10H2,1-4H3;6H,4-5,7H2,1-3H3,(H,12,13);;3*1H. The number of carbonyl (C=O) groups is 4. The second-order valence-electron chi connectivity index (χ2n) is 28.1. The minimum Gasteiger partial charge on any atom is -0.492 e. The Labute approximate surface area is 575 Å². The molecule has 3 aromatic carbocycles. The van der Waals surface area contributed by atoms with Crippen LogP contribution in [0.2, 0.25) is 0 Å². The van der Waals surface area contributed by atoms with Gasteiger partial charge in [-0.25, -0.2) is 9.59 Å². The second kappa shape index (κ2) is 36.8. The third-order valence-electron chi connectivity index (χ3n) is 15.0. The second-order valence-corrected chi connectivity index (χ2v) is 28.1. The molecule has 0 saturated carbocycles. The van der Waals surface area contributed by atoms with E-state index in [1.165, 1.54) is 16.7 Å². The number of para-hydroxylation sites is 3. The van der Waals surface area contributed by atoms with Gasteiger partial charge in [0.1, 0.15) is 48.3 Å². The molecule has 9 rings (SSSR count). The molecule has 0 bridgehead atoms. The quantitative estimate of drug-likeness (QED) is 0.0634. The summed E-state index contributed by atoms with van der Waals surface area (Å²) in [6.45, 7) is 37.8. The van der Waals surface area contributed by atoms with E-state index in [1.807, 2.05) is 103 Å². The molecule has 526 valence electrons. The van der Waals surface area contributed by atoms with E-state index in [0.717, 1.165) is 83.5 Å². The molecule has 3 aliphatic heterocycles. The van der Waals surface area contributed by atoms with Crippen molar-refractivity contribution in [2.75, 3.05) is 80.2 Å². The molecule has 0 radical (unpaired) electrons. The van der Waals surface area contributed by atoms with Gasteiger partial charge in [0, 0.05) is 52.8 Å². The topological polar surface area (TPSA) is 272 Å². The van der Waals surface area contributed by atoms with Gasteiger partial charge >= 0.3 is 18.3 Å². The molecule has 0 saturated heterocycles. The summed E-state index contributed by atoms with van der Waals surface area (Å²) in [5, 5.41) is 27.6. The highest BCUT2D eigenvalue weighted by molar-refractivity contribution is 5.94. The van der Waals surface area contributed by atoms with Gasteiger partial charge in [-0.2, -0.15) is 24.9 Å². The summed E-state index contributed by atoms with van der Waals surface area (Å²) in [6.07, 6.45) is 3.67. The van der Waals surface area contributed by atoms with Gasteiger partial charge in [-0.15, -0.1) is 24.8 Å². The van der Waals surface area contributed by atoms with Gasteiger partial charge in [0.05, 0.1) is 49.5 Å². The molecular formula is C70H106Cl2N12O11. The van der Waals surface area contributed by atoms with Crippen LogP contribution in [0.1, 0.15) is 177 Å². The molecule has 25 heteroatoms. The summed E-state index contributed by atoms with van der Waals surface area (Å²) in [7, 11) is 5.47. The van der Waals surface area contributed by atoms with Crippen molar-refractivity contribution < 1.29 is 53.9 Å². The minimum absolute atomic E-state index is 0. The van der Waals surface area contributed by atoms with E-state index in [9.17, 15) is 19.2 Å². The Morgan fingerprint density at radius 3 is 1.37 bits per heavy atom. The maximum Gasteiger partial charge on any atom is 0.410 e. The maximum atomic E-state index is 13.0. The molecule has 4 amide bonds. The number of hydrogen-bond acceptors (Lipinski definition) is 16. The van der Waals surface area contributed by atoms with Gasteiger partial charge in [-0.3, -0.25) is 24.9 Å². The Hall–Kier alpha value is -7.95. The largest absolute Gasteiger partial charge is 0.492 e. The number of H-pyrrole nitrogens is 3. The monoisotopic (exact) mass is 1360 g/mol. The SMILES string of the molecule is CC(C)(C)OC(=O)N1CCc2cn[nH]c2C1.CN(CCOc1ccccc1C(C)(C)C)C(=O)c1n[nH]c2c1CCN(C(=O)OC(C)(C)C)C2.CN(CCOc1ccccc1C(C)(C)C)C(=O)c1n[nH]c2c1CCNC2.CNCCOc1ccccc1C(C)(C)C.Cl.Cl.O=C=O.[HH]. The summed E-state index contributed by atoms with van der Waals surface area (Å²) in [5.41, 5.74) is 9.56. The number of ether oxygens (including phenoxy) is 5. The number of nitrogens with zero attached hydrogens (tertiary/aromatic N) is 7. The van der Waals surface area contributed by atoms with E-state index in [4.69, 9.17) is 33.3 Å². The lowest BCUT2D eigenvalue weighted by molar-refractivity contribution is -0.191. The number of aromatic nitrogens is 6. The molecular weight excluding hydrogens is 1260 g/mol. The Bertz CT molecular complexity index is 3420. The van der Waals surface area contributed by atoms with Crippen molar-refractivity contribution >= 4 is 55.0 Å². The number of benzene rings is 3. The Kier molecular flexibility index (Phi) is 31.5. The fourth-order valence-electron chi connectivity index (χ4n) is 10.1. The molecule has 0 atom stereocenters. The molecule has 3 aliphatic rings. The minimum atomic E-state index is -0.551. The summed E-state index contributed by atoms with van der Waals surface area (Å²) in [6, 6.07) is 24.3. The molecule has 23 nitrogen and oxygen atoms in total. The van der Waals surface area contributed by atoms with E-state index >= 15 is 0 Å². The summed E-state index contributed by atoms with van der Waals surface area (Å²) >= 11 is 0. The smallest absolute Gasteiger partial charge is 0.410 e. The van der Waals surface area contributed by atoms with E-state index in [2.05, 4.69) is 128 Å². The molecule has 3 aromatic heterocycles. The van der Waals surface area contributed by atoms with Crippen molar-refractivity contribution in [3.63, 3.8) is 0 Å². The summed E-state index contributed by atoms with van der Waals surface area (Å²) < 4.78 is 28.5. The predicted molar refractivity (Wildman–Crippen MR) is 373 cm³/mol. The first-order valence-electron chi connectivity index (χ1n) is 31.8. The average Bonchev–Trinajstić information content (AvgIpc) is 1.64. The van der Waals surface area contributed by atoms with Crippen molar-refractivity contribution in [2.45, 2.75) is 170 Å². The van der Waals surface area contributed by atoms with E-state index in [0.29, 0.717) is 76.9 Å². The number of halogens is 2. The fraction of sp³-hybridized carbons (Fsp3) is 0.543. The number of likely N-dealkylation sites (N-methyl/N-ethyl adjacent to an activating group) is 3. The lowest BCUT2D eigenvalue weighted by Gasteiger charge is -2.30. The van der Waals surface area contributed by atoms with Crippen molar-refractivity contribution in [1.29, 1.82) is 0 Å². The highest BCUT2D eigenvalue weighted by Gasteiger charge is 2.32. The molecule has 95 heavy (non-hydrogen) atoms. The zero-order valence-corrected chi connectivity index (χ0v) is 60.7. The molecule has 6 heterocycles. The zero-order valence-electron chi connectivity index (χ0n) is 59.0. The number of carbonyl (C=O) groups excluding carboxylic acids is 6. The van der Waals surface area contributed by atoms with Gasteiger partial charge in [0.15, 0.2) is 11.4 Å². The molecule has 6 aromatic rings. The average molecular weight is 1360 g/mol.